The van der Waals surface area contributed by atoms with Crippen LogP contribution in [0.2, 0.25) is 0 Å². The molecule has 1 saturated heterocycles. The van der Waals surface area contributed by atoms with E-state index in [1.165, 1.54) is 6.26 Å². The number of fused-ring (bicyclic) bond motifs is 1. The molecule has 4 nitrogen and oxygen atoms in total. The Balaban J connectivity index is 2.22. The summed E-state index contributed by atoms with van der Waals surface area (Å²) in [6.07, 6.45) is 6.24. The first kappa shape index (κ1) is 13.0. The molecule has 0 amide bonds. The van der Waals surface area contributed by atoms with Crippen LogP contribution in [0.1, 0.15) is 6.42 Å². The van der Waals surface area contributed by atoms with Crippen molar-refractivity contribution in [1.82, 2.24) is 4.31 Å². The summed E-state index contributed by atoms with van der Waals surface area (Å²) in [5.74, 6) is 1.69. The molecule has 0 radical (unpaired) electrons. The van der Waals surface area contributed by atoms with Gasteiger partial charge in [0.25, 0.3) is 0 Å². The number of hydrogen-bond donors (Lipinski definition) is 0. The zero-order chi connectivity index (χ0) is 12.5. The summed E-state index contributed by atoms with van der Waals surface area (Å²) in [6, 6.07) is 0. The van der Waals surface area contributed by atoms with E-state index in [1.807, 2.05) is 17.8 Å². The van der Waals surface area contributed by atoms with Gasteiger partial charge in [-0.05, 0) is 24.1 Å². The lowest BCUT2D eigenvalue weighted by Crippen LogP contribution is -2.33. The topological polar surface area (TPSA) is 46.6 Å². The van der Waals surface area contributed by atoms with E-state index in [2.05, 4.69) is 6.08 Å². The molecule has 0 spiro atoms. The molecular weight excluding hydrogens is 258 g/mol. The summed E-state index contributed by atoms with van der Waals surface area (Å²) in [6.45, 7) is 1.09. The van der Waals surface area contributed by atoms with Gasteiger partial charge in [-0.2, -0.15) is 16.1 Å². The number of ether oxygens (including phenoxy) is 1. The minimum Gasteiger partial charge on any atom is -0.497 e. The maximum absolute atomic E-state index is 11.6. The zero-order valence-electron chi connectivity index (χ0n) is 10.0. The van der Waals surface area contributed by atoms with Gasteiger partial charge in [-0.15, -0.1) is 0 Å². The number of nitrogens with zero attached hydrogens (tertiary/aromatic N) is 1. The van der Waals surface area contributed by atoms with Crippen molar-refractivity contribution in [2.24, 2.45) is 0 Å². The van der Waals surface area contributed by atoms with Gasteiger partial charge in [0, 0.05) is 24.1 Å². The third-order valence-corrected chi connectivity index (χ3v) is 5.56. The van der Waals surface area contributed by atoms with E-state index in [-0.39, 0.29) is 0 Å². The van der Waals surface area contributed by atoms with E-state index in [0.29, 0.717) is 18.3 Å². The first-order valence-corrected chi connectivity index (χ1v) is 8.42. The van der Waals surface area contributed by atoms with Crippen LogP contribution in [0.5, 0.6) is 0 Å². The molecule has 2 rings (SSSR count). The molecule has 0 bridgehead atoms. The highest BCUT2D eigenvalue weighted by atomic mass is 32.2. The maximum Gasteiger partial charge on any atom is 0.211 e. The van der Waals surface area contributed by atoms with Gasteiger partial charge in [0.1, 0.15) is 5.76 Å². The molecule has 0 aromatic heterocycles. The van der Waals surface area contributed by atoms with Gasteiger partial charge in [0.05, 0.1) is 13.4 Å². The first-order chi connectivity index (χ1) is 8.00. The van der Waals surface area contributed by atoms with Crippen molar-refractivity contribution < 1.29 is 13.2 Å². The van der Waals surface area contributed by atoms with E-state index in [4.69, 9.17) is 4.74 Å². The monoisotopic (exact) mass is 275 g/mol. The van der Waals surface area contributed by atoms with Crippen LogP contribution in [0.15, 0.2) is 23.5 Å². The summed E-state index contributed by atoms with van der Waals surface area (Å²) in [5, 5.41) is 0.403. The second-order valence-corrected chi connectivity index (χ2v) is 7.51. The van der Waals surface area contributed by atoms with Gasteiger partial charge in [-0.1, -0.05) is 0 Å². The fourth-order valence-electron chi connectivity index (χ4n) is 2.04. The van der Waals surface area contributed by atoms with Crippen molar-refractivity contribution in [1.29, 1.82) is 0 Å². The van der Waals surface area contributed by atoms with Crippen LogP contribution in [0.4, 0.5) is 0 Å². The second-order valence-electron chi connectivity index (χ2n) is 4.22. The van der Waals surface area contributed by atoms with Crippen molar-refractivity contribution in [2.75, 3.05) is 32.2 Å². The van der Waals surface area contributed by atoms with E-state index in [1.54, 1.807) is 11.4 Å². The molecule has 1 aliphatic heterocycles. The maximum atomic E-state index is 11.6. The van der Waals surface area contributed by atoms with Crippen LogP contribution in [-0.4, -0.2) is 50.2 Å². The van der Waals surface area contributed by atoms with Gasteiger partial charge in [-0.25, -0.2) is 8.42 Å². The molecule has 1 aliphatic carbocycles. The fourth-order valence-corrected chi connectivity index (χ4v) is 4.16. The third kappa shape index (κ3) is 3.05. The SMILES string of the molecule is COC1=CCC2SCCN(S(C)(=O)=O)CC2=C1. The van der Waals surface area contributed by atoms with Crippen LogP contribution in [0, 0.1) is 0 Å². The molecule has 0 saturated carbocycles. The summed E-state index contributed by atoms with van der Waals surface area (Å²) >= 11 is 1.83. The lowest BCUT2D eigenvalue weighted by Gasteiger charge is -2.23. The Morgan fingerprint density at radius 2 is 2.29 bits per heavy atom. The Kier molecular flexibility index (Phi) is 3.85. The smallest absolute Gasteiger partial charge is 0.211 e. The predicted octanol–water partition coefficient (Wildman–Crippen LogP) is 1.22. The molecule has 0 aromatic rings. The average molecular weight is 275 g/mol. The zero-order valence-corrected chi connectivity index (χ0v) is 11.7. The van der Waals surface area contributed by atoms with Crippen LogP contribution >= 0.6 is 11.8 Å². The van der Waals surface area contributed by atoms with E-state index < -0.39 is 10.0 Å². The molecule has 1 atom stereocenters. The van der Waals surface area contributed by atoms with Crippen molar-refractivity contribution in [2.45, 2.75) is 11.7 Å². The minimum absolute atomic E-state index is 0.403. The lowest BCUT2D eigenvalue weighted by atomic mass is 10.0. The summed E-state index contributed by atoms with van der Waals surface area (Å²) in [7, 11) is -1.46. The second kappa shape index (κ2) is 5.04. The quantitative estimate of drug-likeness (QED) is 0.760. The highest BCUT2D eigenvalue weighted by molar-refractivity contribution is 8.00. The Morgan fingerprint density at radius 3 is 2.94 bits per heavy atom. The highest BCUT2D eigenvalue weighted by Gasteiger charge is 2.28. The van der Waals surface area contributed by atoms with E-state index >= 15 is 0 Å². The van der Waals surface area contributed by atoms with Crippen molar-refractivity contribution in [3.63, 3.8) is 0 Å². The Bertz CT molecular complexity index is 453. The van der Waals surface area contributed by atoms with Crippen LogP contribution < -0.4 is 0 Å². The van der Waals surface area contributed by atoms with E-state index in [9.17, 15) is 8.42 Å². The third-order valence-electron chi connectivity index (χ3n) is 3.00. The molecule has 0 aromatic carbocycles. The summed E-state index contributed by atoms with van der Waals surface area (Å²) < 4.78 is 30.0. The number of allylic oxidation sites excluding steroid dienone is 2. The van der Waals surface area contributed by atoms with Crippen LogP contribution in [0.25, 0.3) is 0 Å². The molecule has 6 heteroatoms. The van der Waals surface area contributed by atoms with Crippen LogP contribution in [-0.2, 0) is 14.8 Å². The minimum atomic E-state index is -3.11. The average Bonchev–Trinajstić information content (AvgIpc) is 2.49. The molecule has 0 N–H and O–H groups in total. The van der Waals surface area contributed by atoms with E-state index in [0.717, 1.165) is 23.5 Å². The van der Waals surface area contributed by atoms with Gasteiger partial charge >= 0.3 is 0 Å². The normalized spacial score (nSPS) is 26.6. The molecule has 96 valence electrons. The summed E-state index contributed by atoms with van der Waals surface area (Å²) in [5.41, 5.74) is 1.15. The summed E-state index contributed by atoms with van der Waals surface area (Å²) in [4.78, 5) is 0. The Morgan fingerprint density at radius 1 is 1.53 bits per heavy atom. The van der Waals surface area contributed by atoms with Crippen molar-refractivity contribution in [3.05, 3.63) is 23.5 Å². The van der Waals surface area contributed by atoms with Gasteiger partial charge in [0.2, 0.25) is 10.0 Å². The van der Waals surface area contributed by atoms with Crippen LogP contribution in [0.3, 0.4) is 0 Å². The van der Waals surface area contributed by atoms with Crippen molar-refractivity contribution in [3.8, 4) is 0 Å². The standard InChI is InChI=1S/C11H17NO3S2/c1-15-10-3-4-11-9(7-10)8-12(5-6-16-11)17(2,13)14/h3,7,11H,4-6,8H2,1-2H3. The van der Waals surface area contributed by atoms with Gasteiger partial charge in [-0.3, -0.25) is 0 Å². The molecular formula is C11H17NO3S2. The molecule has 1 unspecified atom stereocenters. The largest absolute Gasteiger partial charge is 0.497 e. The number of rotatable bonds is 2. The molecule has 17 heavy (non-hydrogen) atoms. The predicted molar refractivity (Wildman–Crippen MR) is 70.5 cm³/mol. The molecule has 1 fully saturated rings. The molecule has 1 heterocycles. The highest BCUT2D eigenvalue weighted by Crippen LogP contribution is 2.32. The molecule has 2 aliphatic rings. The number of thioether (sulfide) groups is 1. The fraction of sp³-hybridized carbons (Fsp3) is 0.636. The lowest BCUT2D eigenvalue weighted by molar-refractivity contribution is 0.302. The van der Waals surface area contributed by atoms with Gasteiger partial charge < -0.3 is 4.74 Å². The van der Waals surface area contributed by atoms with Crippen molar-refractivity contribution >= 4 is 21.8 Å². The van der Waals surface area contributed by atoms with Gasteiger partial charge in [0.15, 0.2) is 0 Å². The number of hydrogen-bond acceptors (Lipinski definition) is 4. The number of sulfonamides is 1. The Hall–Kier alpha value is -0.460. The first-order valence-electron chi connectivity index (χ1n) is 5.52. The number of methoxy groups -OCH3 is 1. The Labute approximate surface area is 107 Å².